The summed E-state index contributed by atoms with van der Waals surface area (Å²) in [6.45, 7) is 3.53. The van der Waals surface area contributed by atoms with Crippen LogP contribution in [0.3, 0.4) is 0 Å². The summed E-state index contributed by atoms with van der Waals surface area (Å²) in [6.07, 6.45) is 1.57. The molecule has 1 fully saturated rings. The van der Waals surface area contributed by atoms with E-state index >= 15 is 0 Å². The van der Waals surface area contributed by atoms with E-state index in [2.05, 4.69) is 5.32 Å². The standard InChI is InChI=1S/C18H26N2O4.ClH/c1-2-24-18(22)15(13-6-4-3-5-7-13)12-20-17(21)16(19)14-8-10-23-11-9-14;/h3-7,14-16H,2,8-12,19H2,1H3,(H,20,21);1H. The molecule has 2 rings (SSSR count). The van der Waals surface area contributed by atoms with E-state index in [9.17, 15) is 9.59 Å². The van der Waals surface area contributed by atoms with E-state index in [1.54, 1.807) is 6.92 Å². The topological polar surface area (TPSA) is 90.7 Å². The molecule has 0 aliphatic carbocycles. The SMILES string of the molecule is CCOC(=O)C(CNC(=O)C(N)C1CCOCC1)c1ccccc1.Cl. The highest BCUT2D eigenvalue weighted by Gasteiger charge is 2.28. The predicted molar refractivity (Wildman–Crippen MR) is 97.6 cm³/mol. The van der Waals surface area contributed by atoms with Crippen LogP contribution in [0.2, 0.25) is 0 Å². The van der Waals surface area contributed by atoms with Gasteiger partial charge in [0.25, 0.3) is 0 Å². The van der Waals surface area contributed by atoms with Crippen LogP contribution in [-0.2, 0) is 19.1 Å². The Kier molecular flexibility index (Phi) is 9.49. The van der Waals surface area contributed by atoms with Gasteiger partial charge in [0, 0.05) is 19.8 Å². The number of ether oxygens (including phenoxy) is 2. The lowest BCUT2D eigenvalue weighted by atomic mass is 9.91. The van der Waals surface area contributed by atoms with Gasteiger partial charge in [0.05, 0.1) is 18.6 Å². The van der Waals surface area contributed by atoms with Gasteiger partial charge in [-0.1, -0.05) is 30.3 Å². The number of halogens is 1. The number of carbonyl (C=O) groups excluding carboxylic acids is 2. The van der Waals surface area contributed by atoms with E-state index in [-0.39, 0.29) is 36.7 Å². The highest BCUT2D eigenvalue weighted by atomic mass is 35.5. The molecule has 0 radical (unpaired) electrons. The van der Waals surface area contributed by atoms with E-state index in [0.29, 0.717) is 19.8 Å². The maximum absolute atomic E-state index is 12.3. The first kappa shape index (κ1) is 21.4. The molecule has 1 saturated heterocycles. The zero-order valence-corrected chi connectivity index (χ0v) is 15.3. The van der Waals surface area contributed by atoms with Crippen LogP contribution in [-0.4, -0.2) is 44.3 Å². The summed E-state index contributed by atoms with van der Waals surface area (Å²) < 4.78 is 10.4. The normalized spacial score (nSPS) is 17.0. The van der Waals surface area contributed by atoms with E-state index in [4.69, 9.17) is 15.2 Å². The molecule has 1 aromatic rings. The van der Waals surface area contributed by atoms with Crippen molar-refractivity contribution in [2.45, 2.75) is 31.7 Å². The molecule has 0 spiro atoms. The Balaban J connectivity index is 0.00000312. The fourth-order valence-corrected chi connectivity index (χ4v) is 2.87. The molecule has 0 aromatic heterocycles. The summed E-state index contributed by atoms with van der Waals surface area (Å²) in [5.74, 6) is -0.982. The van der Waals surface area contributed by atoms with Gasteiger partial charge in [0.1, 0.15) is 0 Å². The van der Waals surface area contributed by atoms with Crippen molar-refractivity contribution in [3.05, 3.63) is 35.9 Å². The number of hydrogen-bond donors (Lipinski definition) is 2. The fraction of sp³-hybridized carbons (Fsp3) is 0.556. The highest BCUT2D eigenvalue weighted by Crippen LogP contribution is 2.19. The maximum atomic E-state index is 12.3. The number of amides is 1. The van der Waals surface area contributed by atoms with Gasteiger partial charge >= 0.3 is 5.97 Å². The van der Waals surface area contributed by atoms with Gasteiger partial charge in [0.2, 0.25) is 5.91 Å². The molecule has 1 amide bonds. The van der Waals surface area contributed by atoms with Crippen LogP contribution in [0.5, 0.6) is 0 Å². The van der Waals surface area contributed by atoms with Crippen molar-refractivity contribution < 1.29 is 19.1 Å². The number of benzene rings is 1. The largest absolute Gasteiger partial charge is 0.465 e. The van der Waals surface area contributed by atoms with E-state index in [1.165, 1.54) is 0 Å². The summed E-state index contributed by atoms with van der Waals surface area (Å²) in [7, 11) is 0. The summed E-state index contributed by atoms with van der Waals surface area (Å²) in [6, 6.07) is 8.73. The molecule has 3 N–H and O–H groups in total. The Labute approximate surface area is 154 Å². The molecule has 7 heteroatoms. The molecule has 1 heterocycles. The molecule has 1 aliphatic heterocycles. The Bertz CT molecular complexity index is 535. The molecule has 1 aromatic carbocycles. The van der Waals surface area contributed by atoms with Crippen LogP contribution in [0.1, 0.15) is 31.2 Å². The molecule has 25 heavy (non-hydrogen) atoms. The monoisotopic (exact) mass is 370 g/mol. The molecule has 2 atom stereocenters. The number of nitrogens with two attached hydrogens (primary N) is 1. The molecule has 0 bridgehead atoms. The van der Waals surface area contributed by atoms with Gasteiger partial charge in [0.15, 0.2) is 0 Å². The summed E-state index contributed by atoms with van der Waals surface area (Å²) >= 11 is 0. The molecule has 1 aliphatic rings. The predicted octanol–water partition coefficient (Wildman–Crippen LogP) is 1.63. The van der Waals surface area contributed by atoms with Crippen molar-refractivity contribution >= 4 is 24.3 Å². The van der Waals surface area contributed by atoms with Crippen molar-refractivity contribution in [3.63, 3.8) is 0 Å². The molecule has 2 unspecified atom stereocenters. The Morgan fingerprint density at radius 3 is 2.52 bits per heavy atom. The number of nitrogens with one attached hydrogen (secondary N) is 1. The fourth-order valence-electron chi connectivity index (χ4n) is 2.87. The van der Waals surface area contributed by atoms with Gasteiger partial charge in [-0.05, 0) is 31.2 Å². The van der Waals surface area contributed by atoms with E-state index in [1.807, 2.05) is 30.3 Å². The minimum atomic E-state index is -0.576. The van der Waals surface area contributed by atoms with Crippen LogP contribution in [0, 0.1) is 5.92 Å². The van der Waals surface area contributed by atoms with Crippen LogP contribution in [0.15, 0.2) is 30.3 Å². The lowest BCUT2D eigenvalue weighted by Crippen LogP contribution is -2.48. The first-order valence-corrected chi connectivity index (χ1v) is 8.46. The average molecular weight is 371 g/mol. The molecule has 0 saturated carbocycles. The number of esters is 1. The minimum Gasteiger partial charge on any atom is -0.465 e. The minimum absolute atomic E-state index is 0. The van der Waals surface area contributed by atoms with Crippen LogP contribution in [0.4, 0.5) is 0 Å². The quantitative estimate of drug-likeness (QED) is 0.712. The maximum Gasteiger partial charge on any atom is 0.315 e. The Hall–Kier alpha value is -1.63. The van der Waals surface area contributed by atoms with Gasteiger partial charge in [-0.25, -0.2) is 0 Å². The zero-order chi connectivity index (χ0) is 17.4. The number of hydrogen-bond acceptors (Lipinski definition) is 5. The van der Waals surface area contributed by atoms with Gasteiger partial charge in [-0.3, -0.25) is 9.59 Å². The summed E-state index contributed by atoms with van der Waals surface area (Å²) in [5.41, 5.74) is 6.88. The molecule has 140 valence electrons. The second kappa shape index (κ2) is 11.1. The van der Waals surface area contributed by atoms with Crippen LogP contribution < -0.4 is 11.1 Å². The molecular weight excluding hydrogens is 344 g/mol. The van der Waals surface area contributed by atoms with Crippen molar-refractivity contribution in [2.75, 3.05) is 26.4 Å². The summed E-state index contributed by atoms with van der Waals surface area (Å²) in [5, 5.41) is 2.81. The van der Waals surface area contributed by atoms with E-state index in [0.717, 1.165) is 18.4 Å². The van der Waals surface area contributed by atoms with Crippen LogP contribution in [0.25, 0.3) is 0 Å². The average Bonchev–Trinajstić information content (AvgIpc) is 2.63. The number of rotatable bonds is 7. The lowest BCUT2D eigenvalue weighted by molar-refractivity contribution is -0.144. The third-order valence-electron chi connectivity index (χ3n) is 4.33. The zero-order valence-electron chi connectivity index (χ0n) is 14.5. The smallest absolute Gasteiger partial charge is 0.315 e. The van der Waals surface area contributed by atoms with Gasteiger partial charge in [-0.2, -0.15) is 0 Å². The third kappa shape index (κ3) is 6.30. The lowest BCUT2D eigenvalue weighted by Gasteiger charge is -2.27. The van der Waals surface area contributed by atoms with Crippen molar-refractivity contribution in [3.8, 4) is 0 Å². The van der Waals surface area contributed by atoms with Crippen LogP contribution >= 0.6 is 12.4 Å². The first-order chi connectivity index (χ1) is 11.6. The second-order valence-corrected chi connectivity index (χ2v) is 5.94. The first-order valence-electron chi connectivity index (χ1n) is 8.46. The van der Waals surface area contributed by atoms with Crippen molar-refractivity contribution in [1.82, 2.24) is 5.32 Å². The van der Waals surface area contributed by atoms with Crippen molar-refractivity contribution in [2.24, 2.45) is 11.7 Å². The summed E-state index contributed by atoms with van der Waals surface area (Å²) in [4.78, 5) is 24.5. The van der Waals surface area contributed by atoms with Gasteiger partial charge in [-0.15, -0.1) is 12.4 Å². The Morgan fingerprint density at radius 2 is 1.92 bits per heavy atom. The van der Waals surface area contributed by atoms with Gasteiger partial charge < -0.3 is 20.5 Å². The Morgan fingerprint density at radius 1 is 1.28 bits per heavy atom. The molecular formula is C18H27ClN2O4. The van der Waals surface area contributed by atoms with Crippen molar-refractivity contribution in [1.29, 1.82) is 0 Å². The third-order valence-corrected chi connectivity index (χ3v) is 4.33. The number of carbonyl (C=O) groups is 2. The highest BCUT2D eigenvalue weighted by molar-refractivity contribution is 5.85. The van der Waals surface area contributed by atoms with E-state index < -0.39 is 12.0 Å². The second-order valence-electron chi connectivity index (χ2n) is 5.94. The molecule has 6 nitrogen and oxygen atoms in total.